The van der Waals surface area contributed by atoms with Crippen molar-refractivity contribution in [2.75, 3.05) is 12.4 Å². The smallest absolute Gasteiger partial charge is 0.230 e. The summed E-state index contributed by atoms with van der Waals surface area (Å²) in [6.07, 6.45) is 3.15. The maximum Gasteiger partial charge on any atom is 0.230 e. The number of aliphatic imine (C=N–C) groups is 1. The maximum absolute atomic E-state index is 12.6. The lowest BCUT2D eigenvalue weighted by Crippen LogP contribution is -2.32. The number of aromatic nitrogens is 2. The average molecular weight is 572 g/mol. The van der Waals surface area contributed by atoms with Gasteiger partial charge in [-0.1, -0.05) is 66.4 Å². The normalized spacial score (nSPS) is 17.4. The summed E-state index contributed by atoms with van der Waals surface area (Å²) in [5.41, 5.74) is 2.35. The standard InChI is InChI=1S/C29H29N7O2S2/c1-18(39-28(32-2)33-25(37)14-20-7-3-5-9-23(20)16-30)19-11-12-22(13-19)27-35-36-29(40-27)34-26(38)15-21-8-4-6-10-24(21)17-31/h3-10,18-19,22H,11-15H2,1-2H3,(H,32,33,37)(H,34,36,38). The predicted molar refractivity (Wildman–Crippen MR) is 157 cm³/mol. The van der Waals surface area contributed by atoms with Crippen molar-refractivity contribution in [2.24, 2.45) is 10.9 Å². The van der Waals surface area contributed by atoms with E-state index in [1.165, 1.54) is 11.3 Å². The molecule has 204 valence electrons. The number of amidine groups is 1. The van der Waals surface area contributed by atoms with Crippen LogP contribution >= 0.6 is 23.1 Å². The maximum atomic E-state index is 12.6. The van der Waals surface area contributed by atoms with Crippen LogP contribution in [0.2, 0.25) is 0 Å². The Morgan fingerprint density at radius 3 is 2.27 bits per heavy atom. The van der Waals surface area contributed by atoms with Crippen LogP contribution in [0, 0.1) is 28.6 Å². The number of carbonyl (C=O) groups excluding carboxylic acids is 2. The van der Waals surface area contributed by atoms with Crippen molar-refractivity contribution < 1.29 is 9.59 Å². The fourth-order valence-corrected chi connectivity index (χ4v) is 6.74. The van der Waals surface area contributed by atoms with E-state index < -0.39 is 0 Å². The van der Waals surface area contributed by atoms with E-state index >= 15 is 0 Å². The minimum Gasteiger partial charge on any atom is -0.305 e. The number of hydrogen-bond donors (Lipinski definition) is 2. The van der Waals surface area contributed by atoms with Crippen molar-refractivity contribution in [1.29, 1.82) is 10.5 Å². The number of amides is 2. The number of benzene rings is 2. The molecule has 40 heavy (non-hydrogen) atoms. The van der Waals surface area contributed by atoms with Crippen molar-refractivity contribution in [3.63, 3.8) is 0 Å². The zero-order chi connectivity index (χ0) is 28.5. The van der Waals surface area contributed by atoms with Crippen molar-refractivity contribution in [3.8, 4) is 12.1 Å². The second kappa shape index (κ2) is 13.8. The third-order valence-corrected chi connectivity index (χ3v) is 9.16. The predicted octanol–water partition coefficient (Wildman–Crippen LogP) is 4.81. The second-order valence-corrected chi connectivity index (χ2v) is 11.9. The third kappa shape index (κ3) is 7.53. The number of rotatable bonds is 8. The fraction of sp³-hybridized carbons (Fsp3) is 0.345. The van der Waals surface area contributed by atoms with Crippen LogP contribution in [0.4, 0.5) is 5.13 Å². The molecule has 2 aromatic carbocycles. The van der Waals surface area contributed by atoms with E-state index in [0.717, 1.165) is 24.3 Å². The molecular weight excluding hydrogens is 543 g/mol. The number of carbonyl (C=O) groups is 2. The molecule has 3 unspecified atom stereocenters. The Morgan fingerprint density at radius 1 is 1.02 bits per heavy atom. The molecule has 2 amide bonds. The van der Waals surface area contributed by atoms with Crippen molar-refractivity contribution >= 4 is 45.2 Å². The van der Waals surface area contributed by atoms with Gasteiger partial charge in [0, 0.05) is 18.2 Å². The molecule has 1 heterocycles. The van der Waals surface area contributed by atoms with E-state index in [0.29, 0.717) is 38.5 Å². The number of hydrogen-bond acceptors (Lipinski definition) is 9. The first-order valence-corrected chi connectivity index (χ1v) is 14.6. The molecule has 1 aliphatic carbocycles. The quantitative estimate of drug-likeness (QED) is 0.292. The number of thioether (sulfide) groups is 1. The Hall–Kier alpha value is -4.06. The highest BCUT2D eigenvalue weighted by Crippen LogP contribution is 2.43. The highest BCUT2D eigenvalue weighted by atomic mass is 32.2. The SMILES string of the molecule is CN=C(NC(=O)Cc1ccccc1C#N)SC(C)C1CCC(c2nnc(NC(=O)Cc3ccccc3C#N)s2)C1. The highest BCUT2D eigenvalue weighted by molar-refractivity contribution is 8.14. The molecule has 0 aliphatic heterocycles. The molecule has 3 aromatic rings. The van der Waals surface area contributed by atoms with E-state index in [1.54, 1.807) is 55.2 Å². The van der Waals surface area contributed by atoms with Gasteiger partial charge in [-0.05, 0) is 48.4 Å². The average Bonchev–Trinajstić information content (AvgIpc) is 3.63. The highest BCUT2D eigenvalue weighted by Gasteiger charge is 2.33. The van der Waals surface area contributed by atoms with Crippen LogP contribution in [-0.4, -0.2) is 39.5 Å². The lowest BCUT2D eigenvalue weighted by Gasteiger charge is -2.19. The Labute approximate surface area is 241 Å². The Morgan fingerprint density at radius 2 is 1.65 bits per heavy atom. The monoisotopic (exact) mass is 571 g/mol. The van der Waals surface area contributed by atoms with Gasteiger partial charge in [0.05, 0.1) is 36.1 Å². The zero-order valence-corrected chi connectivity index (χ0v) is 23.9. The summed E-state index contributed by atoms with van der Waals surface area (Å²) < 4.78 is 0. The minimum atomic E-state index is -0.232. The Bertz CT molecular complexity index is 1490. The minimum absolute atomic E-state index is 0.0988. The molecule has 0 saturated heterocycles. The summed E-state index contributed by atoms with van der Waals surface area (Å²) in [7, 11) is 1.66. The van der Waals surface area contributed by atoms with Gasteiger partial charge < -0.3 is 10.6 Å². The number of nitriles is 2. The van der Waals surface area contributed by atoms with Gasteiger partial charge >= 0.3 is 0 Å². The van der Waals surface area contributed by atoms with E-state index in [4.69, 9.17) is 0 Å². The molecule has 1 fully saturated rings. The van der Waals surface area contributed by atoms with Gasteiger partial charge in [0.1, 0.15) is 5.01 Å². The van der Waals surface area contributed by atoms with E-state index in [2.05, 4.69) is 44.9 Å². The van der Waals surface area contributed by atoms with Crippen molar-refractivity contribution in [1.82, 2.24) is 15.5 Å². The first kappa shape index (κ1) is 28.9. The van der Waals surface area contributed by atoms with Gasteiger partial charge in [0.2, 0.25) is 16.9 Å². The molecule has 0 radical (unpaired) electrons. The first-order chi connectivity index (χ1) is 19.4. The number of anilines is 1. The number of nitrogens with zero attached hydrogens (tertiary/aromatic N) is 5. The molecule has 2 N–H and O–H groups in total. The van der Waals surface area contributed by atoms with Gasteiger partial charge in [-0.15, -0.1) is 10.2 Å². The Kier molecular flexibility index (Phi) is 10.0. The summed E-state index contributed by atoms with van der Waals surface area (Å²) in [4.78, 5) is 29.4. The van der Waals surface area contributed by atoms with Gasteiger partial charge in [-0.25, -0.2) is 0 Å². The first-order valence-electron chi connectivity index (χ1n) is 12.9. The van der Waals surface area contributed by atoms with Crippen molar-refractivity contribution in [2.45, 2.75) is 50.2 Å². The zero-order valence-electron chi connectivity index (χ0n) is 22.3. The van der Waals surface area contributed by atoms with Crippen LogP contribution in [-0.2, 0) is 22.4 Å². The molecule has 11 heteroatoms. The molecule has 4 rings (SSSR count). The van der Waals surface area contributed by atoms with Crippen LogP contribution in [0.5, 0.6) is 0 Å². The van der Waals surface area contributed by atoms with Crippen LogP contribution in [0.1, 0.15) is 59.4 Å². The van der Waals surface area contributed by atoms with Gasteiger partial charge in [0.25, 0.3) is 0 Å². The van der Waals surface area contributed by atoms with Crippen LogP contribution < -0.4 is 10.6 Å². The summed E-state index contributed by atoms with van der Waals surface area (Å²) in [6.45, 7) is 2.14. The van der Waals surface area contributed by atoms with E-state index in [9.17, 15) is 20.1 Å². The molecule has 3 atom stereocenters. The van der Waals surface area contributed by atoms with Gasteiger partial charge in [0.15, 0.2) is 5.17 Å². The topological polar surface area (TPSA) is 144 Å². The largest absolute Gasteiger partial charge is 0.305 e. The van der Waals surface area contributed by atoms with Crippen LogP contribution in [0.25, 0.3) is 0 Å². The summed E-state index contributed by atoms with van der Waals surface area (Å²) in [6, 6.07) is 18.4. The summed E-state index contributed by atoms with van der Waals surface area (Å²) >= 11 is 2.94. The Balaban J connectivity index is 1.27. The van der Waals surface area contributed by atoms with Crippen LogP contribution in [0.15, 0.2) is 53.5 Å². The van der Waals surface area contributed by atoms with E-state index in [1.807, 2.05) is 12.1 Å². The fourth-order valence-electron chi connectivity index (χ4n) is 4.77. The molecule has 1 aromatic heterocycles. The summed E-state index contributed by atoms with van der Waals surface area (Å²) in [5, 5.41) is 34.9. The van der Waals surface area contributed by atoms with E-state index in [-0.39, 0.29) is 35.8 Å². The molecule has 0 bridgehead atoms. The molecule has 0 spiro atoms. The lowest BCUT2D eigenvalue weighted by molar-refractivity contribution is -0.119. The van der Waals surface area contributed by atoms with Crippen LogP contribution in [0.3, 0.4) is 0 Å². The lowest BCUT2D eigenvalue weighted by atomic mass is 10.0. The second-order valence-electron chi connectivity index (χ2n) is 9.56. The molecule has 9 nitrogen and oxygen atoms in total. The third-order valence-electron chi connectivity index (χ3n) is 6.90. The molecule has 1 aliphatic rings. The molecular formula is C29H29N7O2S2. The number of nitrogens with one attached hydrogen (secondary N) is 2. The molecule has 1 saturated carbocycles. The van der Waals surface area contributed by atoms with Gasteiger partial charge in [-0.2, -0.15) is 10.5 Å². The van der Waals surface area contributed by atoms with Crippen molar-refractivity contribution in [3.05, 3.63) is 75.8 Å². The summed E-state index contributed by atoms with van der Waals surface area (Å²) in [5.74, 6) is 0.234. The van der Waals surface area contributed by atoms with Gasteiger partial charge in [-0.3, -0.25) is 14.6 Å².